The molecule has 4 rings (SSSR count). The third-order valence-electron chi connectivity index (χ3n) is 6.92. The van der Waals surface area contributed by atoms with Gasteiger partial charge >= 0.3 is 6.09 Å². The molecule has 0 bridgehead atoms. The molecule has 2 atom stereocenters. The van der Waals surface area contributed by atoms with Crippen molar-refractivity contribution in [2.24, 2.45) is 0 Å². The van der Waals surface area contributed by atoms with Crippen LogP contribution in [0, 0.1) is 0 Å². The number of hydrogen-bond acceptors (Lipinski definition) is 8. The monoisotopic (exact) mass is 618 g/mol. The highest BCUT2D eigenvalue weighted by atomic mass is 35.5. The van der Waals surface area contributed by atoms with Crippen molar-refractivity contribution in [2.75, 3.05) is 47.1 Å². The van der Waals surface area contributed by atoms with Gasteiger partial charge in [-0.3, -0.25) is 4.79 Å². The van der Waals surface area contributed by atoms with Gasteiger partial charge < -0.3 is 38.2 Å². The first-order chi connectivity index (χ1) is 20.6. The fourth-order valence-electron chi connectivity index (χ4n) is 4.81. The second-order valence-corrected chi connectivity index (χ2v) is 12.2. The molecule has 2 aromatic rings. The van der Waals surface area contributed by atoms with Crippen LogP contribution in [0.3, 0.4) is 0 Å². The van der Waals surface area contributed by atoms with Gasteiger partial charge in [-0.15, -0.1) is 0 Å². The molecule has 11 heteroatoms. The summed E-state index contributed by atoms with van der Waals surface area (Å²) in [6.07, 6.45) is 0.575. The summed E-state index contributed by atoms with van der Waals surface area (Å²) in [6.45, 7) is 7.24. The summed E-state index contributed by atoms with van der Waals surface area (Å²) in [5, 5.41) is 0.396. The second kappa shape index (κ2) is 15.0. The predicted octanol–water partition coefficient (Wildman–Crippen LogP) is 5.34. The van der Waals surface area contributed by atoms with E-state index in [2.05, 4.69) is 0 Å². The molecule has 10 nitrogen and oxygen atoms in total. The molecule has 1 unspecified atom stereocenters. The maximum Gasteiger partial charge on any atom is 0.410 e. The Kier molecular flexibility index (Phi) is 11.4. The number of halogens is 1. The number of hydrogen-bond donors (Lipinski definition) is 0. The lowest BCUT2D eigenvalue weighted by molar-refractivity contribution is -0.160. The number of benzene rings is 2. The normalized spacial score (nSPS) is 18.6. The lowest BCUT2D eigenvalue weighted by atomic mass is 10.1. The van der Waals surface area contributed by atoms with Gasteiger partial charge in [-0.25, -0.2) is 4.79 Å². The SMILES string of the molecule is COCCCOc1cc(CN(C(=O)C2CN(C(=O)OC(C)(C)C)C[C@@H](COc3ccccc3)O2)C2CC2)cc(Cl)c1OC. The van der Waals surface area contributed by atoms with Crippen LogP contribution in [0.2, 0.25) is 5.02 Å². The zero-order valence-electron chi connectivity index (χ0n) is 25.7. The molecule has 0 spiro atoms. The van der Waals surface area contributed by atoms with Gasteiger partial charge in [0.2, 0.25) is 0 Å². The van der Waals surface area contributed by atoms with Crippen molar-refractivity contribution in [2.45, 2.75) is 70.4 Å². The van der Waals surface area contributed by atoms with E-state index in [4.69, 9.17) is 40.0 Å². The molecule has 2 aliphatic rings. The van der Waals surface area contributed by atoms with E-state index in [-0.39, 0.29) is 31.6 Å². The van der Waals surface area contributed by atoms with E-state index in [0.717, 1.165) is 18.4 Å². The van der Waals surface area contributed by atoms with Crippen molar-refractivity contribution in [3.8, 4) is 17.2 Å². The van der Waals surface area contributed by atoms with Gasteiger partial charge in [-0.2, -0.15) is 0 Å². The third-order valence-corrected chi connectivity index (χ3v) is 7.20. The Hall–Kier alpha value is -3.21. The van der Waals surface area contributed by atoms with Crippen LogP contribution in [0.5, 0.6) is 17.2 Å². The van der Waals surface area contributed by atoms with Gasteiger partial charge in [0.1, 0.15) is 24.1 Å². The quantitative estimate of drug-likeness (QED) is 0.278. The molecule has 1 heterocycles. The highest BCUT2D eigenvalue weighted by Crippen LogP contribution is 2.38. The summed E-state index contributed by atoms with van der Waals surface area (Å²) >= 11 is 6.56. The molecular formula is C32H43ClN2O8. The average molecular weight is 619 g/mol. The molecule has 2 amide bonds. The Balaban J connectivity index is 1.52. The van der Waals surface area contributed by atoms with Crippen LogP contribution in [0.25, 0.3) is 0 Å². The third kappa shape index (κ3) is 9.64. The fourth-order valence-corrected chi connectivity index (χ4v) is 5.12. The van der Waals surface area contributed by atoms with Crippen molar-refractivity contribution in [1.82, 2.24) is 9.80 Å². The molecular weight excluding hydrogens is 576 g/mol. The van der Waals surface area contributed by atoms with Crippen LogP contribution in [0.15, 0.2) is 42.5 Å². The van der Waals surface area contributed by atoms with Crippen LogP contribution < -0.4 is 14.2 Å². The number of amides is 2. The molecule has 236 valence electrons. The van der Waals surface area contributed by atoms with E-state index in [1.165, 1.54) is 12.0 Å². The zero-order chi connectivity index (χ0) is 31.0. The van der Waals surface area contributed by atoms with E-state index in [1.807, 2.05) is 62.1 Å². The summed E-state index contributed by atoms with van der Waals surface area (Å²) in [4.78, 5) is 30.5. The summed E-state index contributed by atoms with van der Waals surface area (Å²) in [5.74, 6) is 1.43. The van der Waals surface area contributed by atoms with Gasteiger partial charge in [0.05, 0.1) is 31.8 Å². The van der Waals surface area contributed by atoms with Crippen LogP contribution >= 0.6 is 11.6 Å². The smallest absolute Gasteiger partial charge is 0.410 e. The van der Waals surface area contributed by atoms with Gasteiger partial charge in [0, 0.05) is 32.7 Å². The van der Waals surface area contributed by atoms with Crippen molar-refractivity contribution >= 4 is 23.6 Å². The number of carbonyl (C=O) groups excluding carboxylic acids is 2. The summed E-state index contributed by atoms with van der Waals surface area (Å²) in [7, 11) is 3.18. The Labute approximate surface area is 259 Å². The number of carbonyl (C=O) groups is 2. The summed E-state index contributed by atoms with van der Waals surface area (Å²) < 4.78 is 34.4. The standard InChI is InChI=1S/C32H43ClN2O8/c1-32(2,3)43-31(37)34-19-25(21-41-24-10-7-6-8-11-24)42-28(20-34)30(36)35(23-12-13-23)18-22-16-26(33)29(39-5)27(17-22)40-15-9-14-38-4/h6-8,10-11,16-17,23,25,28H,9,12-15,18-21H2,1-5H3/t25-,28?/m0/s1. The average Bonchev–Trinajstić information content (AvgIpc) is 3.82. The van der Waals surface area contributed by atoms with Crippen LogP contribution in [-0.4, -0.2) is 92.8 Å². The van der Waals surface area contributed by atoms with Gasteiger partial charge in [0.15, 0.2) is 17.6 Å². The van der Waals surface area contributed by atoms with Gasteiger partial charge in [-0.1, -0.05) is 29.8 Å². The fraction of sp³-hybridized carbons (Fsp3) is 0.562. The number of ether oxygens (including phenoxy) is 6. The minimum atomic E-state index is -0.885. The largest absolute Gasteiger partial charge is 0.491 e. The van der Waals surface area contributed by atoms with E-state index >= 15 is 0 Å². The maximum absolute atomic E-state index is 14.1. The first-order valence-corrected chi connectivity index (χ1v) is 15.1. The van der Waals surface area contributed by atoms with Crippen molar-refractivity contribution < 1.29 is 38.0 Å². The molecule has 2 aromatic carbocycles. The predicted molar refractivity (Wildman–Crippen MR) is 162 cm³/mol. The van der Waals surface area contributed by atoms with Gasteiger partial charge in [0.25, 0.3) is 5.91 Å². The summed E-state index contributed by atoms with van der Waals surface area (Å²) in [6, 6.07) is 13.1. The number of nitrogens with zero attached hydrogens (tertiary/aromatic N) is 2. The molecule has 1 saturated carbocycles. The lowest BCUT2D eigenvalue weighted by Gasteiger charge is -2.39. The minimum absolute atomic E-state index is 0.0685. The Morgan fingerprint density at radius 1 is 1.05 bits per heavy atom. The molecule has 0 aromatic heterocycles. The molecule has 0 N–H and O–H groups in total. The first kappa shape index (κ1) is 32.7. The molecule has 1 aliphatic carbocycles. The van der Waals surface area contributed by atoms with Crippen molar-refractivity contribution in [1.29, 1.82) is 0 Å². The molecule has 1 aliphatic heterocycles. The van der Waals surface area contributed by atoms with Crippen LogP contribution in [0.4, 0.5) is 4.79 Å². The summed E-state index contributed by atoms with van der Waals surface area (Å²) in [5.41, 5.74) is 0.124. The van der Waals surface area contributed by atoms with Crippen molar-refractivity contribution in [3.63, 3.8) is 0 Å². The maximum atomic E-state index is 14.1. The molecule has 2 fully saturated rings. The first-order valence-electron chi connectivity index (χ1n) is 14.7. The van der Waals surface area contributed by atoms with Crippen LogP contribution in [0.1, 0.15) is 45.6 Å². The zero-order valence-corrected chi connectivity index (χ0v) is 26.4. The van der Waals surface area contributed by atoms with Crippen LogP contribution in [-0.2, 0) is 25.5 Å². The highest BCUT2D eigenvalue weighted by molar-refractivity contribution is 6.32. The van der Waals surface area contributed by atoms with Crippen molar-refractivity contribution in [3.05, 3.63) is 53.1 Å². The number of methoxy groups -OCH3 is 2. The van der Waals surface area contributed by atoms with E-state index in [0.29, 0.717) is 48.5 Å². The van der Waals surface area contributed by atoms with E-state index in [9.17, 15) is 9.59 Å². The second-order valence-electron chi connectivity index (χ2n) is 11.8. The Morgan fingerprint density at radius 3 is 2.44 bits per heavy atom. The number of morpholine rings is 1. The van der Waals surface area contributed by atoms with E-state index in [1.54, 1.807) is 13.2 Å². The molecule has 0 radical (unpaired) electrons. The lowest BCUT2D eigenvalue weighted by Crippen LogP contribution is -2.57. The van der Waals surface area contributed by atoms with Gasteiger partial charge in [-0.05, 0) is 63.4 Å². The Morgan fingerprint density at radius 2 is 1.79 bits per heavy atom. The Bertz CT molecular complexity index is 1220. The molecule has 43 heavy (non-hydrogen) atoms. The highest BCUT2D eigenvalue weighted by Gasteiger charge is 2.42. The molecule has 1 saturated heterocycles. The number of para-hydroxylation sites is 1. The van der Waals surface area contributed by atoms with E-state index < -0.39 is 23.9 Å². The number of rotatable bonds is 13. The topological polar surface area (TPSA) is 96.0 Å². The minimum Gasteiger partial charge on any atom is -0.491 e.